The molecule has 8 heteroatoms. The van der Waals surface area contributed by atoms with Crippen LogP contribution in [0.25, 0.3) is 0 Å². The molecule has 1 aliphatic heterocycles. The number of nitro benzene ring substituents is 1. The van der Waals surface area contributed by atoms with Crippen molar-refractivity contribution in [3.8, 4) is 17.2 Å². The van der Waals surface area contributed by atoms with Gasteiger partial charge in [-0.15, -0.1) is 0 Å². The van der Waals surface area contributed by atoms with E-state index in [0.717, 1.165) is 0 Å². The van der Waals surface area contributed by atoms with Crippen LogP contribution in [-0.2, 0) is 4.79 Å². The standard InChI is InChI=1S/C16H14N2O6/c19-16(10-24-13-3-1-2-12(9-13)18(20)21)17-11-4-5-14-15(8-11)23-7-6-22-14/h1-5,8-9H,6-7,10H2,(H,17,19). The van der Waals surface area contributed by atoms with Crippen LogP contribution in [0.5, 0.6) is 17.2 Å². The van der Waals surface area contributed by atoms with Crippen molar-refractivity contribution in [2.75, 3.05) is 25.1 Å². The summed E-state index contributed by atoms with van der Waals surface area (Å²) in [5.41, 5.74) is 0.451. The van der Waals surface area contributed by atoms with Gasteiger partial charge in [0, 0.05) is 17.8 Å². The summed E-state index contributed by atoms with van der Waals surface area (Å²) in [6, 6.07) is 10.7. The number of nitro groups is 1. The maximum absolute atomic E-state index is 11.9. The maximum Gasteiger partial charge on any atom is 0.273 e. The molecule has 2 aromatic carbocycles. The molecule has 1 N–H and O–H groups in total. The van der Waals surface area contributed by atoms with Crippen LogP contribution in [0.1, 0.15) is 0 Å². The van der Waals surface area contributed by atoms with Gasteiger partial charge in [0.2, 0.25) is 0 Å². The summed E-state index contributed by atoms with van der Waals surface area (Å²) in [6.07, 6.45) is 0. The number of carbonyl (C=O) groups is 1. The second kappa shape index (κ2) is 6.86. The summed E-state index contributed by atoms with van der Waals surface area (Å²) in [5, 5.41) is 13.4. The molecule has 1 aliphatic rings. The number of nitrogens with zero attached hydrogens (tertiary/aromatic N) is 1. The molecule has 3 rings (SSSR count). The van der Waals surface area contributed by atoms with Crippen LogP contribution >= 0.6 is 0 Å². The molecule has 0 fully saturated rings. The molecule has 0 aliphatic carbocycles. The van der Waals surface area contributed by atoms with Gasteiger partial charge >= 0.3 is 0 Å². The minimum Gasteiger partial charge on any atom is -0.486 e. The third-order valence-electron chi connectivity index (χ3n) is 3.22. The largest absolute Gasteiger partial charge is 0.486 e. The normalized spacial score (nSPS) is 12.3. The highest BCUT2D eigenvalue weighted by Gasteiger charge is 2.13. The Morgan fingerprint density at radius 3 is 2.75 bits per heavy atom. The van der Waals surface area contributed by atoms with Crippen LogP contribution in [-0.4, -0.2) is 30.7 Å². The molecule has 0 aromatic heterocycles. The van der Waals surface area contributed by atoms with E-state index >= 15 is 0 Å². The molecule has 0 unspecified atom stereocenters. The van der Waals surface area contributed by atoms with Gasteiger partial charge in [-0.05, 0) is 18.2 Å². The lowest BCUT2D eigenvalue weighted by Gasteiger charge is -2.19. The predicted octanol–water partition coefficient (Wildman–Crippen LogP) is 2.38. The number of amides is 1. The van der Waals surface area contributed by atoms with Crippen molar-refractivity contribution in [2.45, 2.75) is 0 Å². The summed E-state index contributed by atoms with van der Waals surface area (Å²) < 4.78 is 16.1. The minimum absolute atomic E-state index is 0.0975. The Kier molecular flexibility index (Phi) is 4.46. The van der Waals surface area contributed by atoms with Crippen LogP contribution in [0.3, 0.4) is 0 Å². The lowest BCUT2D eigenvalue weighted by Crippen LogP contribution is -2.20. The Bertz CT molecular complexity index is 777. The number of benzene rings is 2. The summed E-state index contributed by atoms with van der Waals surface area (Å²) in [6.45, 7) is 0.686. The summed E-state index contributed by atoms with van der Waals surface area (Å²) >= 11 is 0. The van der Waals surface area contributed by atoms with Gasteiger partial charge in [0.1, 0.15) is 19.0 Å². The third-order valence-corrected chi connectivity index (χ3v) is 3.22. The molecule has 0 radical (unpaired) electrons. The van der Waals surface area contributed by atoms with E-state index in [-0.39, 0.29) is 18.0 Å². The molecular formula is C16H14N2O6. The van der Waals surface area contributed by atoms with E-state index in [1.54, 1.807) is 24.3 Å². The second-order valence-corrected chi connectivity index (χ2v) is 4.95. The van der Waals surface area contributed by atoms with Gasteiger partial charge in [-0.25, -0.2) is 0 Å². The van der Waals surface area contributed by atoms with Gasteiger partial charge in [0.15, 0.2) is 18.1 Å². The number of ether oxygens (including phenoxy) is 3. The average molecular weight is 330 g/mol. The number of nitrogens with one attached hydrogen (secondary N) is 1. The number of hydrogen-bond donors (Lipinski definition) is 1. The van der Waals surface area contributed by atoms with E-state index in [1.165, 1.54) is 18.2 Å². The highest BCUT2D eigenvalue weighted by molar-refractivity contribution is 5.92. The molecule has 0 spiro atoms. The topological polar surface area (TPSA) is 99.9 Å². The van der Waals surface area contributed by atoms with Crippen molar-refractivity contribution in [3.05, 3.63) is 52.6 Å². The summed E-state index contributed by atoms with van der Waals surface area (Å²) in [5.74, 6) is 1.06. The summed E-state index contributed by atoms with van der Waals surface area (Å²) in [7, 11) is 0. The van der Waals surface area contributed by atoms with E-state index in [1.807, 2.05) is 0 Å². The van der Waals surface area contributed by atoms with Gasteiger partial charge in [-0.3, -0.25) is 14.9 Å². The smallest absolute Gasteiger partial charge is 0.273 e. The van der Waals surface area contributed by atoms with Gasteiger partial charge in [0.25, 0.3) is 11.6 Å². The molecule has 2 aromatic rings. The molecule has 0 atom stereocenters. The Labute approximate surface area is 137 Å². The van der Waals surface area contributed by atoms with Crippen LogP contribution in [0.15, 0.2) is 42.5 Å². The van der Waals surface area contributed by atoms with Crippen molar-refractivity contribution in [1.29, 1.82) is 0 Å². The van der Waals surface area contributed by atoms with Crippen molar-refractivity contribution >= 4 is 17.3 Å². The summed E-state index contributed by atoms with van der Waals surface area (Å²) in [4.78, 5) is 22.1. The zero-order valence-electron chi connectivity index (χ0n) is 12.6. The quantitative estimate of drug-likeness (QED) is 0.667. The molecule has 0 saturated heterocycles. The predicted molar refractivity (Wildman–Crippen MR) is 84.7 cm³/mol. The first-order valence-electron chi connectivity index (χ1n) is 7.18. The zero-order chi connectivity index (χ0) is 16.9. The third kappa shape index (κ3) is 3.72. The molecule has 124 valence electrons. The number of non-ortho nitro benzene ring substituents is 1. The first kappa shape index (κ1) is 15.6. The fourth-order valence-electron chi connectivity index (χ4n) is 2.15. The Hall–Kier alpha value is -3.29. The number of hydrogen-bond acceptors (Lipinski definition) is 6. The first-order valence-corrected chi connectivity index (χ1v) is 7.18. The van der Waals surface area contributed by atoms with Crippen LogP contribution in [0.4, 0.5) is 11.4 Å². The van der Waals surface area contributed by atoms with E-state index in [4.69, 9.17) is 14.2 Å². The SMILES string of the molecule is O=C(COc1cccc([N+](=O)[O-])c1)Nc1ccc2c(c1)OCCO2. The van der Waals surface area contributed by atoms with Gasteiger partial charge in [0.05, 0.1) is 11.0 Å². The van der Waals surface area contributed by atoms with Crippen LogP contribution in [0, 0.1) is 10.1 Å². The monoisotopic (exact) mass is 330 g/mol. The van der Waals surface area contributed by atoms with Gasteiger partial charge < -0.3 is 19.5 Å². The van der Waals surface area contributed by atoms with E-state index in [9.17, 15) is 14.9 Å². The number of rotatable bonds is 5. The zero-order valence-corrected chi connectivity index (χ0v) is 12.6. The lowest BCUT2D eigenvalue weighted by atomic mass is 10.2. The van der Waals surface area contributed by atoms with E-state index in [2.05, 4.69) is 5.32 Å². The van der Waals surface area contributed by atoms with Crippen LogP contribution < -0.4 is 19.5 Å². The molecular weight excluding hydrogens is 316 g/mol. The lowest BCUT2D eigenvalue weighted by molar-refractivity contribution is -0.384. The number of fused-ring (bicyclic) bond motifs is 1. The molecule has 0 saturated carbocycles. The second-order valence-electron chi connectivity index (χ2n) is 4.95. The van der Waals surface area contributed by atoms with Crippen molar-refractivity contribution in [1.82, 2.24) is 0 Å². The molecule has 8 nitrogen and oxygen atoms in total. The highest BCUT2D eigenvalue weighted by atomic mass is 16.6. The molecule has 1 amide bonds. The number of anilines is 1. The van der Waals surface area contributed by atoms with Crippen molar-refractivity contribution < 1.29 is 23.9 Å². The first-order chi connectivity index (χ1) is 11.6. The minimum atomic E-state index is -0.526. The fraction of sp³-hybridized carbons (Fsp3) is 0.188. The number of carbonyl (C=O) groups excluding carboxylic acids is 1. The van der Waals surface area contributed by atoms with Crippen LogP contribution in [0.2, 0.25) is 0 Å². The van der Waals surface area contributed by atoms with Gasteiger partial charge in [-0.2, -0.15) is 0 Å². The van der Waals surface area contributed by atoms with Gasteiger partial charge in [-0.1, -0.05) is 6.07 Å². The van der Waals surface area contributed by atoms with Crippen molar-refractivity contribution in [3.63, 3.8) is 0 Å². The molecule has 0 bridgehead atoms. The fourth-order valence-corrected chi connectivity index (χ4v) is 2.15. The highest BCUT2D eigenvalue weighted by Crippen LogP contribution is 2.32. The molecule has 24 heavy (non-hydrogen) atoms. The average Bonchev–Trinajstić information content (AvgIpc) is 2.60. The van der Waals surface area contributed by atoms with E-state index < -0.39 is 10.8 Å². The Morgan fingerprint density at radius 1 is 1.17 bits per heavy atom. The Morgan fingerprint density at radius 2 is 1.96 bits per heavy atom. The van der Waals surface area contributed by atoms with Crippen molar-refractivity contribution in [2.24, 2.45) is 0 Å². The molecule has 1 heterocycles. The van der Waals surface area contributed by atoms with E-state index in [0.29, 0.717) is 30.4 Å². The maximum atomic E-state index is 11.9. The Balaban J connectivity index is 1.58.